The molecule has 6 heteroatoms. The van der Waals surface area contributed by atoms with Gasteiger partial charge >= 0.3 is 0 Å². The van der Waals surface area contributed by atoms with E-state index in [1.54, 1.807) is 11.6 Å². The lowest BCUT2D eigenvalue weighted by Gasteiger charge is -2.11. The molecule has 0 unspecified atom stereocenters. The summed E-state index contributed by atoms with van der Waals surface area (Å²) >= 11 is 1.25. The molecular weight excluding hydrogens is 236 g/mol. The van der Waals surface area contributed by atoms with Gasteiger partial charge in [0, 0.05) is 11.6 Å². The van der Waals surface area contributed by atoms with Crippen LogP contribution in [0.25, 0.3) is 0 Å². The lowest BCUT2D eigenvalue weighted by Crippen LogP contribution is -2.27. The third-order valence-electron chi connectivity index (χ3n) is 2.23. The Bertz CT molecular complexity index is 511. The average Bonchev–Trinajstić information content (AvgIpc) is 2.77. The number of nitrogens with two attached hydrogens (primary N) is 1. The highest BCUT2D eigenvalue weighted by molar-refractivity contribution is 7.13. The Morgan fingerprint density at radius 2 is 2.35 bits per heavy atom. The van der Waals surface area contributed by atoms with E-state index in [0.29, 0.717) is 10.8 Å². The molecule has 2 aromatic heterocycles. The first-order valence-corrected chi connectivity index (χ1v) is 5.97. The third kappa shape index (κ3) is 2.79. The maximum atomic E-state index is 11.8. The molecule has 88 valence electrons. The van der Waals surface area contributed by atoms with Crippen LogP contribution in [-0.4, -0.2) is 15.9 Å². The van der Waals surface area contributed by atoms with E-state index >= 15 is 0 Å². The van der Waals surface area contributed by atoms with Crippen molar-refractivity contribution in [3.63, 3.8) is 0 Å². The molecule has 1 atom stereocenters. The second-order valence-electron chi connectivity index (χ2n) is 3.52. The zero-order valence-electron chi connectivity index (χ0n) is 9.25. The highest BCUT2D eigenvalue weighted by atomic mass is 32.1. The highest BCUT2D eigenvalue weighted by Gasteiger charge is 2.14. The van der Waals surface area contributed by atoms with Crippen LogP contribution in [-0.2, 0) is 0 Å². The fourth-order valence-corrected chi connectivity index (χ4v) is 1.91. The van der Waals surface area contributed by atoms with Gasteiger partial charge in [-0.15, -0.1) is 11.3 Å². The Kier molecular flexibility index (Phi) is 3.34. The Hall–Kier alpha value is -1.95. The molecule has 2 heterocycles. The molecule has 0 saturated heterocycles. The topological polar surface area (TPSA) is 80.9 Å². The van der Waals surface area contributed by atoms with E-state index in [2.05, 4.69) is 15.3 Å². The van der Waals surface area contributed by atoms with Crippen molar-refractivity contribution in [1.82, 2.24) is 15.3 Å². The van der Waals surface area contributed by atoms with Crippen LogP contribution < -0.4 is 11.1 Å². The van der Waals surface area contributed by atoms with Crippen LogP contribution in [0.15, 0.2) is 29.8 Å². The van der Waals surface area contributed by atoms with E-state index in [4.69, 9.17) is 5.73 Å². The van der Waals surface area contributed by atoms with Crippen LogP contribution in [0.3, 0.4) is 0 Å². The summed E-state index contributed by atoms with van der Waals surface area (Å²) in [5, 5.41) is 4.84. The molecule has 5 nitrogen and oxygen atoms in total. The molecule has 1 amide bonds. The first kappa shape index (κ1) is 11.5. The van der Waals surface area contributed by atoms with Crippen LogP contribution in [0.1, 0.15) is 29.1 Å². The second kappa shape index (κ2) is 4.92. The molecular formula is C11H12N4OS. The SMILES string of the molecule is C[C@H](NC(=O)c1csc(N)n1)c1ccccn1. The number of carbonyl (C=O) groups is 1. The van der Waals surface area contributed by atoms with Gasteiger partial charge in [0.25, 0.3) is 5.91 Å². The van der Waals surface area contributed by atoms with Crippen molar-refractivity contribution < 1.29 is 4.79 Å². The summed E-state index contributed by atoms with van der Waals surface area (Å²) in [5.41, 5.74) is 6.63. The number of nitrogens with one attached hydrogen (secondary N) is 1. The number of hydrogen-bond acceptors (Lipinski definition) is 5. The average molecular weight is 248 g/mol. The van der Waals surface area contributed by atoms with E-state index in [9.17, 15) is 4.79 Å². The summed E-state index contributed by atoms with van der Waals surface area (Å²) in [5.74, 6) is -0.240. The normalized spacial score (nSPS) is 12.1. The molecule has 0 saturated carbocycles. The zero-order chi connectivity index (χ0) is 12.3. The number of rotatable bonds is 3. The Balaban J connectivity index is 2.04. The zero-order valence-corrected chi connectivity index (χ0v) is 10.1. The molecule has 3 N–H and O–H groups in total. The van der Waals surface area contributed by atoms with Crippen LogP contribution >= 0.6 is 11.3 Å². The summed E-state index contributed by atoms with van der Waals surface area (Å²) in [6, 6.07) is 5.41. The van der Waals surface area contributed by atoms with Crippen LogP contribution in [0, 0.1) is 0 Å². The van der Waals surface area contributed by atoms with E-state index in [1.807, 2.05) is 25.1 Å². The number of thiazole rings is 1. The van der Waals surface area contributed by atoms with Crippen LogP contribution in [0.2, 0.25) is 0 Å². The molecule has 2 rings (SSSR count). The summed E-state index contributed by atoms with van der Waals surface area (Å²) in [4.78, 5) is 19.9. The van der Waals surface area contributed by atoms with Gasteiger partial charge in [-0.2, -0.15) is 0 Å². The van der Waals surface area contributed by atoms with Gasteiger partial charge < -0.3 is 11.1 Å². The number of carbonyl (C=O) groups excluding carboxylic acids is 1. The standard InChI is InChI=1S/C11H12N4OS/c1-7(8-4-2-3-5-13-8)14-10(16)9-6-17-11(12)15-9/h2-7H,1H3,(H2,12,15)(H,14,16)/t7-/m0/s1. The van der Waals surface area contributed by atoms with Gasteiger partial charge in [0.2, 0.25) is 0 Å². The lowest BCUT2D eigenvalue weighted by atomic mass is 10.2. The molecule has 0 fully saturated rings. The lowest BCUT2D eigenvalue weighted by molar-refractivity contribution is 0.0935. The van der Waals surface area contributed by atoms with Crippen molar-refractivity contribution in [2.45, 2.75) is 13.0 Å². The maximum Gasteiger partial charge on any atom is 0.271 e. The number of hydrogen-bond donors (Lipinski definition) is 2. The van der Waals surface area contributed by atoms with Gasteiger partial charge in [0.1, 0.15) is 5.69 Å². The van der Waals surface area contributed by atoms with E-state index < -0.39 is 0 Å². The van der Waals surface area contributed by atoms with Gasteiger partial charge in [-0.25, -0.2) is 4.98 Å². The third-order valence-corrected chi connectivity index (χ3v) is 2.91. The fraction of sp³-hybridized carbons (Fsp3) is 0.182. The van der Waals surface area contributed by atoms with Gasteiger partial charge in [0.15, 0.2) is 5.13 Å². The molecule has 2 aromatic rings. The summed E-state index contributed by atoms with van der Waals surface area (Å²) in [7, 11) is 0. The van der Waals surface area contributed by atoms with Gasteiger partial charge in [-0.1, -0.05) is 6.07 Å². The minimum Gasteiger partial charge on any atom is -0.375 e. The predicted octanol–water partition coefficient (Wildman–Crippen LogP) is 1.61. The fourth-order valence-electron chi connectivity index (χ4n) is 1.37. The molecule has 0 aliphatic heterocycles. The van der Waals surface area contributed by atoms with Gasteiger partial charge in [-0.3, -0.25) is 9.78 Å². The Morgan fingerprint density at radius 3 is 2.94 bits per heavy atom. The quantitative estimate of drug-likeness (QED) is 0.864. The van der Waals surface area contributed by atoms with Crippen LogP contribution in [0.4, 0.5) is 5.13 Å². The number of amides is 1. The number of aromatic nitrogens is 2. The van der Waals surface area contributed by atoms with Gasteiger partial charge in [0.05, 0.1) is 11.7 Å². The van der Waals surface area contributed by atoms with Crippen LogP contribution in [0.5, 0.6) is 0 Å². The molecule has 0 aliphatic rings. The smallest absolute Gasteiger partial charge is 0.271 e. The Labute approximate surface area is 103 Å². The van der Waals surface area contributed by atoms with Crippen molar-refractivity contribution in [3.8, 4) is 0 Å². The molecule has 0 aliphatic carbocycles. The van der Waals surface area contributed by atoms with Crippen molar-refractivity contribution in [3.05, 3.63) is 41.2 Å². The number of pyridine rings is 1. The number of anilines is 1. The van der Waals surface area contributed by atoms with Crippen molar-refractivity contribution in [2.24, 2.45) is 0 Å². The number of nitrogens with zero attached hydrogens (tertiary/aromatic N) is 2. The largest absolute Gasteiger partial charge is 0.375 e. The highest BCUT2D eigenvalue weighted by Crippen LogP contribution is 2.13. The molecule has 0 aromatic carbocycles. The Morgan fingerprint density at radius 1 is 1.53 bits per heavy atom. The van der Waals surface area contributed by atoms with E-state index in [0.717, 1.165) is 5.69 Å². The monoisotopic (exact) mass is 248 g/mol. The van der Waals surface area contributed by atoms with Crippen molar-refractivity contribution in [2.75, 3.05) is 5.73 Å². The van der Waals surface area contributed by atoms with E-state index in [-0.39, 0.29) is 11.9 Å². The van der Waals surface area contributed by atoms with E-state index in [1.165, 1.54) is 11.3 Å². The predicted molar refractivity (Wildman–Crippen MR) is 66.6 cm³/mol. The minimum absolute atomic E-state index is 0.161. The minimum atomic E-state index is -0.240. The molecule has 0 radical (unpaired) electrons. The first-order chi connectivity index (χ1) is 8.16. The van der Waals surface area contributed by atoms with Crippen molar-refractivity contribution >= 4 is 22.4 Å². The molecule has 17 heavy (non-hydrogen) atoms. The summed E-state index contributed by atoms with van der Waals surface area (Å²) in [6.07, 6.45) is 1.69. The number of nitrogen functional groups attached to an aromatic ring is 1. The molecule has 0 bridgehead atoms. The first-order valence-electron chi connectivity index (χ1n) is 5.09. The summed E-state index contributed by atoms with van der Waals surface area (Å²) < 4.78 is 0. The van der Waals surface area contributed by atoms with Gasteiger partial charge in [-0.05, 0) is 19.1 Å². The van der Waals surface area contributed by atoms with Crippen molar-refractivity contribution in [1.29, 1.82) is 0 Å². The maximum absolute atomic E-state index is 11.8. The summed E-state index contributed by atoms with van der Waals surface area (Å²) in [6.45, 7) is 1.87. The second-order valence-corrected chi connectivity index (χ2v) is 4.41. The molecule has 0 spiro atoms.